The molecule has 124 valence electrons. The summed E-state index contributed by atoms with van der Waals surface area (Å²) in [6.45, 7) is 8.59. The number of benzene rings is 1. The lowest BCUT2D eigenvalue weighted by molar-refractivity contribution is 0.665. The number of aryl methyl sites for hydroxylation is 5. The molecule has 0 saturated carbocycles. The van der Waals surface area contributed by atoms with E-state index in [-0.39, 0.29) is 0 Å². The van der Waals surface area contributed by atoms with E-state index in [1.165, 1.54) is 46.5 Å². The fourth-order valence-corrected chi connectivity index (χ4v) is 4.71. The number of halogens is 1. The van der Waals surface area contributed by atoms with Crippen LogP contribution in [0.15, 0.2) is 18.2 Å². The van der Waals surface area contributed by atoms with Gasteiger partial charge in [-0.05, 0) is 76.1 Å². The summed E-state index contributed by atoms with van der Waals surface area (Å²) in [5.41, 5.74) is 10.0. The minimum absolute atomic E-state index is 0.844. The highest BCUT2D eigenvalue weighted by Gasteiger charge is 2.25. The van der Waals surface area contributed by atoms with Crippen molar-refractivity contribution in [3.8, 4) is 5.69 Å². The first-order valence-corrected chi connectivity index (χ1v) is 9.12. The molecule has 1 aliphatic carbocycles. The highest BCUT2D eigenvalue weighted by Crippen LogP contribution is 2.39. The Bertz CT molecular complexity index is 943. The lowest BCUT2D eigenvalue weighted by Gasteiger charge is -2.19. The highest BCUT2D eigenvalue weighted by atomic mass is 35.5. The average molecular weight is 339 g/mol. The Balaban J connectivity index is 2.17. The number of fused-ring (bicyclic) bond motifs is 3. The molecule has 0 amide bonds. The number of hydrogen-bond donors (Lipinski definition) is 0. The monoisotopic (exact) mass is 338 g/mol. The van der Waals surface area contributed by atoms with E-state index in [1.54, 1.807) is 0 Å². The van der Waals surface area contributed by atoms with Crippen molar-refractivity contribution in [3.63, 3.8) is 0 Å². The number of nitrogens with zero attached hydrogens (tertiary/aromatic N) is 2. The molecule has 0 aliphatic heterocycles. The third-order valence-electron chi connectivity index (χ3n) is 5.16. The zero-order valence-corrected chi connectivity index (χ0v) is 15.6. The van der Waals surface area contributed by atoms with Crippen LogP contribution >= 0.6 is 11.6 Å². The summed E-state index contributed by atoms with van der Waals surface area (Å²) in [5, 5.41) is 2.01. The molecule has 0 N–H and O–H groups in total. The zero-order valence-electron chi connectivity index (χ0n) is 14.8. The molecule has 0 unspecified atom stereocenters. The third kappa shape index (κ3) is 2.28. The summed E-state index contributed by atoms with van der Waals surface area (Å²) in [6, 6.07) is 6.53. The second-order valence-corrected chi connectivity index (χ2v) is 7.57. The number of hydrogen-bond acceptors (Lipinski definition) is 1. The Kier molecular flexibility index (Phi) is 3.69. The summed E-state index contributed by atoms with van der Waals surface area (Å²) in [4.78, 5) is 4.90. The van der Waals surface area contributed by atoms with Gasteiger partial charge in [-0.2, -0.15) is 0 Å². The second kappa shape index (κ2) is 5.63. The van der Waals surface area contributed by atoms with Crippen molar-refractivity contribution < 1.29 is 0 Å². The van der Waals surface area contributed by atoms with E-state index in [0.29, 0.717) is 0 Å². The lowest BCUT2D eigenvalue weighted by atomic mass is 9.95. The fraction of sp³-hybridized carbons (Fsp3) is 0.381. The van der Waals surface area contributed by atoms with Crippen molar-refractivity contribution in [1.29, 1.82) is 0 Å². The summed E-state index contributed by atoms with van der Waals surface area (Å²) >= 11 is 6.65. The van der Waals surface area contributed by atoms with Crippen molar-refractivity contribution in [2.45, 2.75) is 53.4 Å². The normalized spacial score (nSPS) is 14.2. The molecule has 4 rings (SSSR count). The van der Waals surface area contributed by atoms with E-state index in [0.717, 1.165) is 34.6 Å². The van der Waals surface area contributed by atoms with Crippen LogP contribution in [0.4, 0.5) is 0 Å². The van der Waals surface area contributed by atoms with Crippen molar-refractivity contribution in [2.24, 2.45) is 0 Å². The van der Waals surface area contributed by atoms with Gasteiger partial charge in [0.15, 0.2) is 0 Å². The molecule has 3 aromatic rings. The molecule has 2 heterocycles. The summed E-state index contributed by atoms with van der Waals surface area (Å²) in [5.74, 6) is 0. The first-order chi connectivity index (χ1) is 11.5. The molecule has 0 spiro atoms. The van der Waals surface area contributed by atoms with Crippen molar-refractivity contribution >= 4 is 22.6 Å². The molecule has 0 radical (unpaired) electrons. The molecular weight excluding hydrogens is 316 g/mol. The largest absolute Gasteiger partial charge is 0.297 e. The van der Waals surface area contributed by atoms with E-state index >= 15 is 0 Å². The van der Waals surface area contributed by atoms with E-state index in [9.17, 15) is 0 Å². The molecule has 2 nitrogen and oxygen atoms in total. The van der Waals surface area contributed by atoms with Gasteiger partial charge in [-0.15, -0.1) is 0 Å². The molecule has 24 heavy (non-hydrogen) atoms. The maximum Gasteiger partial charge on any atom is 0.146 e. The molecule has 0 bridgehead atoms. The van der Waals surface area contributed by atoms with Gasteiger partial charge in [0.2, 0.25) is 0 Å². The molecule has 0 fully saturated rings. The number of pyridine rings is 1. The van der Waals surface area contributed by atoms with Crippen LogP contribution in [0.1, 0.15) is 46.5 Å². The van der Waals surface area contributed by atoms with E-state index in [1.807, 2.05) is 13.0 Å². The van der Waals surface area contributed by atoms with Gasteiger partial charge in [0.1, 0.15) is 5.65 Å². The van der Waals surface area contributed by atoms with Crippen LogP contribution in [0.3, 0.4) is 0 Å². The molecular formula is C21H23ClN2. The van der Waals surface area contributed by atoms with Crippen LogP contribution in [-0.4, -0.2) is 9.55 Å². The van der Waals surface area contributed by atoms with Crippen molar-refractivity contribution in [1.82, 2.24) is 9.55 Å². The van der Waals surface area contributed by atoms with Gasteiger partial charge in [-0.25, -0.2) is 4.98 Å². The van der Waals surface area contributed by atoms with Crippen LogP contribution in [0, 0.1) is 27.7 Å². The van der Waals surface area contributed by atoms with Crippen LogP contribution in [0.25, 0.3) is 16.7 Å². The van der Waals surface area contributed by atoms with E-state index < -0.39 is 0 Å². The van der Waals surface area contributed by atoms with Gasteiger partial charge in [0.25, 0.3) is 0 Å². The molecule has 2 aromatic heterocycles. The molecule has 1 aromatic carbocycles. The van der Waals surface area contributed by atoms with Crippen LogP contribution < -0.4 is 0 Å². The quantitative estimate of drug-likeness (QED) is 0.549. The Labute approximate surface area is 148 Å². The minimum atomic E-state index is 0.844. The van der Waals surface area contributed by atoms with Crippen molar-refractivity contribution in [3.05, 3.63) is 56.9 Å². The maximum atomic E-state index is 6.65. The smallest absolute Gasteiger partial charge is 0.146 e. The van der Waals surface area contributed by atoms with Gasteiger partial charge < -0.3 is 0 Å². The lowest BCUT2D eigenvalue weighted by Crippen LogP contribution is -2.09. The molecule has 1 aliphatic rings. The fourth-order valence-electron chi connectivity index (χ4n) is 4.36. The van der Waals surface area contributed by atoms with E-state index in [4.69, 9.17) is 16.6 Å². The third-order valence-corrected chi connectivity index (χ3v) is 5.46. The Hall–Kier alpha value is -1.80. The Morgan fingerprint density at radius 1 is 0.958 bits per heavy atom. The van der Waals surface area contributed by atoms with Gasteiger partial charge in [-0.3, -0.25) is 4.57 Å². The molecule has 3 heteroatoms. The SMILES string of the molecule is Cc1cc(C)c(-n2c3c(c4c(Cl)cc(C)nc42)CCCC3)c(C)c1. The highest BCUT2D eigenvalue weighted by molar-refractivity contribution is 6.35. The average Bonchev–Trinajstić information content (AvgIpc) is 2.81. The predicted molar refractivity (Wildman–Crippen MR) is 102 cm³/mol. The van der Waals surface area contributed by atoms with Crippen LogP contribution in [0.5, 0.6) is 0 Å². The Morgan fingerprint density at radius 2 is 1.62 bits per heavy atom. The molecule has 0 atom stereocenters. The maximum absolute atomic E-state index is 6.65. The van der Waals surface area contributed by atoms with E-state index in [2.05, 4.69) is 37.5 Å². The summed E-state index contributed by atoms with van der Waals surface area (Å²) in [7, 11) is 0. The van der Waals surface area contributed by atoms with Gasteiger partial charge in [-0.1, -0.05) is 29.3 Å². The predicted octanol–water partition coefficient (Wildman–Crippen LogP) is 5.79. The summed E-state index contributed by atoms with van der Waals surface area (Å²) in [6.07, 6.45) is 4.69. The first kappa shape index (κ1) is 15.7. The van der Waals surface area contributed by atoms with Gasteiger partial charge in [0, 0.05) is 16.8 Å². The molecule has 0 saturated heterocycles. The number of aromatic nitrogens is 2. The number of rotatable bonds is 1. The first-order valence-electron chi connectivity index (χ1n) is 8.75. The van der Waals surface area contributed by atoms with Gasteiger partial charge >= 0.3 is 0 Å². The second-order valence-electron chi connectivity index (χ2n) is 7.16. The Morgan fingerprint density at radius 3 is 2.33 bits per heavy atom. The standard InChI is InChI=1S/C21H23ClN2/c1-12-9-13(2)20(14(3)10-12)24-18-8-6-5-7-16(18)19-17(22)11-15(4)23-21(19)24/h9-11H,5-8H2,1-4H3. The van der Waals surface area contributed by atoms with Crippen LogP contribution in [-0.2, 0) is 12.8 Å². The van der Waals surface area contributed by atoms with Gasteiger partial charge in [0.05, 0.1) is 10.7 Å². The zero-order chi connectivity index (χ0) is 17.0. The topological polar surface area (TPSA) is 17.8 Å². The summed E-state index contributed by atoms with van der Waals surface area (Å²) < 4.78 is 2.40. The van der Waals surface area contributed by atoms with Crippen molar-refractivity contribution in [2.75, 3.05) is 0 Å². The minimum Gasteiger partial charge on any atom is -0.297 e. The van der Waals surface area contributed by atoms with Crippen LogP contribution in [0.2, 0.25) is 5.02 Å².